The lowest BCUT2D eigenvalue weighted by Crippen LogP contribution is -1.81. The molecule has 2 rings (SSSR count). The molecule has 2 heterocycles. The standard InChI is InChI=1S/C12H11NS/c1-2-4-12-11(6-8-14-12)10-5-3-7-13-9-10/h2-3,5-9H,1,4H2. The van der Waals surface area contributed by atoms with Crippen LogP contribution in [0, 0.1) is 0 Å². The number of thiophene rings is 1. The number of hydrogen-bond donors (Lipinski definition) is 0. The van der Waals surface area contributed by atoms with Gasteiger partial charge in [-0.2, -0.15) is 0 Å². The third-order valence-electron chi connectivity index (χ3n) is 2.05. The summed E-state index contributed by atoms with van der Waals surface area (Å²) < 4.78 is 0. The van der Waals surface area contributed by atoms with E-state index < -0.39 is 0 Å². The predicted octanol–water partition coefficient (Wildman–Crippen LogP) is 3.54. The van der Waals surface area contributed by atoms with Crippen LogP contribution in [0.3, 0.4) is 0 Å². The van der Waals surface area contributed by atoms with Crippen LogP contribution in [-0.2, 0) is 6.42 Å². The topological polar surface area (TPSA) is 12.9 Å². The van der Waals surface area contributed by atoms with Crippen molar-refractivity contribution in [3.63, 3.8) is 0 Å². The van der Waals surface area contributed by atoms with Gasteiger partial charge in [0, 0.05) is 29.3 Å². The fourth-order valence-corrected chi connectivity index (χ4v) is 2.30. The van der Waals surface area contributed by atoms with E-state index in [1.807, 2.05) is 18.3 Å². The summed E-state index contributed by atoms with van der Waals surface area (Å²) >= 11 is 1.77. The van der Waals surface area contributed by atoms with Gasteiger partial charge in [0.2, 0.25) is 0 Å². The number of rotatable bonds is 3. The minimum Gasteiger partial charge on any atom is -0.264 e. The molecular formula is C12H11NS. The quantitative estimate of drug-likeness (QED) is 0.692. The van der Waals surface area contributed by atoms with Crippen molar-refractivity contribution < 1.29 is 0 Å². The Morgan fingerprint density at radius 3 is 3.07 bits per heavy atom. The highest BCUT2D eigenvalue weighted by molar-refractivity contribution is 7.10. The SMILES string of the molecule is C=CCc1sccc1-c1cccnc1. The molecule has 0 atom stereocenters. The molecule has 70 valence electrons. The number of allylic oxidation sites excluding steroid dienone is 1. The summed E-state index contributed by atoms with van der Waals surface area (Å²) in [7, 11) is 0. The van der Waals surface area contributed by atoms with Gasteiger partial charge in [-0.15, -0.1) is 17.9 Å². The molecule has 2 aromatic heterocycles. The van der Waals surface area contributed by atoms with Crippen molar-refractivity contribution in [2.75, 3.05) is 0 Å². The van der Waals surface area contributed by atoms with Crippen molar-refractivity contribution >= 4 is 11.3 Å². The molecule has 0 unspecified atom stereocenters. The van der Waals surface area contributed by atoms with Gasteiger partial charge in [0.25, 0.3) is 0 Å². The lowest BCUT2D eigenvalue weighted by Gasteiger charge is -2.00. The molecule has 14 heavy (non-hydrogen) atoms. The molecule has 0 aliphatic heterocycles. The minimum absolute atomic E-state index is 0.932. The van der Waals surface area contributed by atoms with Gasteiger partial charge >= 0.3 is 0 Å². The van der Waals surface area contributed by atoms with Crippen molar-refractivity contribution in [1.29, 1.82) is 0 Å². The Kier molecular flexibility index (Phi) is 2.75. The second-order valence-electron chi connectivity index (χ2n) is 2.99. The van der Waals surface area contributed by atoms with Crippen LogP contribution in [0.4, 0.5) is 0 Å². The number of pyridine rings is 1. The zero-order valence-corrected chi connectivity index (χ0v) is 8.63. The van der Waals surface area contributed by atoms with Crippen LogP contribution in [0.25, 0.3) is 11.1 Å². The molecule has 0 bridgehead atoms. The van der Waals surface area contributed by atoms with Crippen molar-refractivity contribution in [1.82, 2.24) is 4.98 Å². The van der Waals surface area contributed by atoms with Crippen LogP contribution in [-0.4, -0.2) is 4.98 Å². The van der Waals surface area contributed by atoms with E-state index in [1.54, 1.807) is 17.5 Å². The highest BCUT2D eigenvalue weighted by atomic mass is 32.1. The van der Waals surface area contributed by atoms with Crippen molar-refractivity contribution in [2.24, 2.45) is 0 Å². The second-order valence-corrected chi connectivity index (χ2v) is 3.99. The van der Waals surface area contributed by atoms with E-state index in [2.05, 4.69) is 29.1 Å². The smallest absolute Gasteiger partial charge is 0.0346 e. The van der Waals surface area contributed by atoms with E-state index in [0.717, 1.165) is 6.42 Å². The third-order valence-corrected chi connectivity index (χ3v) is 2.99. The first-order chi connectivity index (χ1) is 6.92. The molecule has 2 aromatic rings. The lowest BCUT2D eigenvalue weighted by atomic mass is 10.1. The van der Waals surface area contributed by atoms with Gasteiger partial charge in [0.1, 0.15) is 0 Å². The maximum atomic E-state index is 4.12. The largest absolute Gasteiger partial charge is 0.264 e. The summed E-state index contributed by atoms with van der Waals surface area (Å²) in [6.07, 6.45) is 6.56. The van der Waals surface area contributed by atoms with E-state index >= 15 is 0 Å². The van der Waals surface area contributed by atoms with Gasteiger partial charge in [-0.05, 0) is 23.1 Å². The molecule has 0 fully saturated rings. The molecule has 0 radical (unpaired) electrons. The predicted molar refractivity (Wildman–Crippen MR) is 61.5 cm³/mol. The Balaban J connectivity index is 2.41. The summed E-state index contributed by atoms with van der Waals surface area (Å²) in [5.74, 6) is 0. The van der Waals surface area contributed by atoms with Crippen LogP contribution in [0.5, 0.6) is 0 Å². The fraction of sp³-hybridized carbons (Fsp3) is 0.0833. The normalized spacial score (nSPS) is 10.0. The lowest BCUT2D eigenvalue weighted by molar-refractivity contribution is 1.31. The van der Waals surface area contributed by atoms with Gasteiger partial charge in [-0.1, -0.05) is 12.1 Å². The first-order valence-electron chi connectivity index (χ1n) is 4.49. The van der Waals surface area contributed by atoms with Gasteiger partial charge in [-0.25, -0.2) is 0 Å². The molecule has 0 N–H and O–H groups in total. The average Bonchev–Trinajstić information content (AvgIpc) is 2.68. The maximum absolute atomic E-state index is 4.12. The Morgan fingerprint density at radius 2 is 2.36 bits per heavy atom. The van der Waals surface area contributed by atoms with E-state index in [1.165, 1.54) is 16.0 Å². The van der Waals surface area contributed by atoms with Gasteiger partial charge < -0.3 is 0 Å². The summed E-state index contributed by atoms with van der Waals surface area (Å²) in [4.78, 5) is 5.48. The minimum atomic E-state index is 0.932. The van der Waals surface area contributed by atoms with E-state index in [-0.39, 0.29) is 0 Å². The van der Waals surface area contributed by atoms with E-state index in [9.17, 15) is 0 Å². The first kappa shape index (κ1) is 9.16. The Bertz CT molecular complexity index is 417. The zero-order valence-electron chi connectivity index (χ0n) is 7.81. The Labute approximate surface area is 87.8 Å². The van der Waals surface area contributed by atoms with Gasteiger partial charge in [0.05, 0.1) is 0 Å². The van der Waals surface area contributed by atoms with Crippen LogP contribution >= 0.6 is 11.3 Å². The van der Waals surface area contributed by atoms with Crippen LogP contribution in [0.2, 0.25) is 0 Å². The Hall–Kier alpha value is -1.41. The monoisotopic (exact) mass is 201 g/mol. The highest BCUT2D eigenvalue weighted by Crippen LogP contribution is 2.27. The molecule has 2 heteroatoms. The zero-order chi connectivity index (χ0) is 9.80. The molecule has 0 aliphatic rings. The van der Waals surface area contributed by atoms with E-state index in [4.69, 9.17) is 0 Å². The van der Waals surface area contributed by atoms with E-state index in [0.29, 0.717) is 0 Å². The summed E-state index contributed by atoms with van der Waals surface area (Å²) in [5.41, 5.74) is 2.47. The second kappa shape index (κ2) is 4.20. The number of nitrogens with zero attached hydrogens (tertiary/aromatic N) is 1. The number of hydrogen-bond acceptors (Lipinski definition) is 2. The molecule has 0 saturated heterocycles. The van der Waals surface area contributed by atoms with Crippen LogP contribution in [0.1, 0.15) is 4.88 Å². The fourth-order valence-electron chi connectivity index (χ4n) is 1.41. The highest BCUT2D eigenvalue weighted by Gasteiger charge is 2.04. The van der Waals surface area contributed by atoms with Crippen molar-refractivity contribution in [3.8, 4) is 11.1 Å². The van der Waals surface area contributed by atoms with Crippen LogP contribution < -0.4 is 0 Å². The van der Waals surface area contributed by atoms with Crippen molar-refractivity contribution in [2.45, 2.75) is 6.42 Å². The third kappa shape index (κ3) is 1.75. The molecule has 0 saturated carbocycles. The Morgan fingerprint density at radius 1 is 1.43 bits per heavy atom. The molecule has 0 aromatic carbocycles. The molecule has 0 aliphatic carbocycles. The number of aromatic nitrogens is 1. The molecule has 1 nitrogen and oxygen atoms in total. The van der Waals surface area contributed by atoms with Gasteiger partial charge in [-0.3, -0.25) is 4.98 Å². The maximum Gasteiger partial charge on any atom is 0.0346 e. The summed E-state index contributed by atoms with van der Waals surface area (Å²) in [6, 6.07) is 6.19. The van der Waals surface area contributed by atoms with Crippen molar-refractivity contribution in [3.05, 3.63) is 53.5 Å². The average molecular weight is 201 g/mol. The molecule has 0 amide bonds. The first-order valence-corrected chi connectivity index (χ1v) is 5.37. The summed E-state index contributed by atoms with van der Waals surface area (Å²) in [5, 5.41) is 2.11. The van der Waals surface area contributed by atoms with Gasteiger partial charge in [0.15, 0.2) is 0 Å². The molecular weight excluding hydrogens is 190 g/mol. The van der Waals surface area contributed by atoms with Crippen LogP contribution in [0.15, 0.2) is 48.6 Å². The molecule has 0 spiro atoms. The summed E-state index contributed by atoms with van der Waals surface area (Å²) in [6.45, 7) is 3.76.